The maximum absolute atomic E-state index is 12.5. The quantitative estimate of drug-likeness (QED) is 0.614. The van der Waals surface area contributed by atoms with Crippen molar-refractivity contribution < 1.29 is 23.5 Å². The van der Waals surface area contributed by atoms with Crippen molar-refractivity contribution in [2.45, 2.75) is 39.0 Å². The molecule has 6 heteroatoms. The van der Waals surface area contributed by atoms with Crippen LogP contribution in [0.4, 0.5) is 0 Å². The molecular weight excluding hydrogens is 322 g/mol. The summed E-state index contributed by atoms with van der Waals surface area (Å²) in [6.45, 7) is 5.02. The third-order valence-electron chi connectivity index (χ3n) is 4.45. The first-order valence-electron chi connectivity index (χ1n) is 8.64. The summed E-state index contributed by atoms with van der Waals surface area (Å²) in [5.41, 5.74) is 2.42. The minimum absolute atomic E-state index is 0.000589. The van der Waals surface area contributed by atoms with Crippen LogP contribution in [0.25, 0.3) is 0 Å². The van der Waals surface area contributed by atoms with E-state index in [9.17, 15) is 9.59 Å². The number of nitrogens with one attached hydrogen (secondary N) is 1. The van der Waals surface area contributed by atoms with E-state index in [-0.39, 0.29) is 18.3 Å². The van der Waals surface area contributed by atoms with Crippen LogP contribution in [0.3, 0.4) is 0 Å². The first kappa shape index (κ1) is 17.5. The van der Waals surface area contributed by atoms with Crippen LogP contribution in [0.5, 0.6) is 0 Å². The number of aromatic nitrogens is 1. The van der Waals surface area contributed by atoms with E-state index in [0.29, 0.717) is 42.9 Å². The molecule has 0 spiro atoms. The summed E-state index contributed by atoms with van der Waals surface area (Å²) in [4.78, 5) is 27.9. The lowest BCUT2D eigenvalue weighted by Crippen LogP contribution is -2.18. The highest BCUT2D eigenvalue weighted by Gasteiger charge is 2.33. The van der Waals surface area contributed by atoms with Gasteiger partial charge in [0.2, 0.25) is 0 Å². The number of furan rings is 1. The lowest BCUT2D eigenvalue weighted by molar-refractivity contribution is 0.0312. The Balaban J connectivity index is 1.71. The van der Waals surface area contributed by atoms with Gasteiger partial charge in [-0.25, -0.2) is 4.79 Å². The molecule has 0 aliphatic heterocycles. The van der Waals surface area contributed by atoms with Gasteiger partial charge >= 0.3 is 5.97 Å². The molecule has 6 nitrogen and oxygen atoms in total. The highest BCUT2D eigenvalue weighted by atomic mass is 16.6. The third-order valence-corrected chi connectivity index (χ3v) is 4.45. The average Bonchev–Trinajstić information content (AvgIpc) is 3.23. The Labute approximate surface area is 146 Å². The summed E-state index contributed by atoms with van der Waals surface area (Å²) in [6, 6.07) is 3.70. The average molecular weight is 345 g/mol. The molecule has 0 fully saturated rings. The highest BCUT2D eigenvalue weighted by molar-refractivity contribution is 6.03. The molecular formula is C19H23NO5. The number of rotatable bonds is 7. The third kappa shape index (κ3) is 3.69. The second-order valence-corrected chi connectivity index (χ2v) is 6.27. The van der Waals surface area contributed by atoms with Gasteiger partial charge in [0, 0.05) is 30.2 Å². The fourth-order valence-electron chi connectivity index (χ4n) is 3.27. The first-order chi connectivity index (χ1) is 12.1. The van der Waals surface area contributed by atoms with Crippen molar-refractivity contribution in [3.8, 4) is 0 Å². The molecule has 3 rings (SSSR count). The molecule has 1 N–H and O–H groups in total. The van der Waals surface area contributed by atoms with Gasteiger partial charge in [-0.1, -0.05) is 6.92 Å². The van der Waals surface area contributed by atoms with Crippen LogP contribution in [0.15, 0.2) is 22.8 Å². The zero-order chi connectivity index (χ0) is 17.8. The number of ketones is 1. The second-order valence-electron chi connectivity index (χ2n) is 6.27. The van der Waals surface area contributed by atoms with Crippen molar-refractivity contribution in [1.82, 2.24) is 4.98 Å². The van der Waals surface area contributed by atoms with Crippen LogP contribution in [-0.2, 0) is 15.9 Å². The van der Waals surface area contributed by atoms with E-state index in [1.54, 1.807) is 13.2 Å². The second kappa shape index (κ2) is 7.70. The van der Waals surface area contributed by atoms with Gasteiger partial charge in [-0.05, 0) is 37.5 Å². The number of carbonyl (C=O) groups is 2. The van der Waals surface area contributed by atoms with Crippen LogP contribution in [0.1, 0.15) is 63.5 Å². The Morgan fingerprint density at radius 3 is 2.88 bits per heavy atom. The summed E-state index contributed by atoms with van der Waals surface area (Å²) in [5, 5.41) is 0. The maximum atomic E-state index is 12.5. The largest absolute Gasteiger partial charge is 0.469 e. The van der Waals surface area contributed by atoms with Crippen molar-refractivity contribution in [3.63, 3.8) is 0 Å². The molecule has 0 amide bonds. The Hall–Kier alpha value is -2.34. The molecule has 0 radical (unpaired) electrons. The molecule has 1 aliphatic carbocycles. The monoisotopic (exact) mass is 345 g/mol. The summed E-state index contributed by atoms with van der Waals surface area (Å²) in [7, 11) is 0. The molecule has 25 heavy (non-hydrogen) atoms. The van der Waals surface area contributed by atoms with Gasteiger partial charge < -0.3 is 18.9 Å². The topological polar surface area (TPSA) is 81.5 Å². The molecule has 2 heterocycles. The summed E-state index contributed by atoms with van der Waals surface area (Å²) >= 11 is 0. The zero-order valence-corrected chi connectivity index (χ0v) is 14.6. The molecule has 2 aromatic rings. The Morgan fingerprint density at radius 1 is 1.32 bits per heavy atom. The number of aromatic amines is 1. The van der Waals surface area contributed by atoms with E-state index in [0.717, 1.165) is 17.9 Å². The Bertz CT molecular complexity index is 744. The molecule has 1 aliphatic rings. The SMILES string of the molecule is CCCOCCOC(=O)c1[nH]c2c(c1C)C(=O)C[C@H](c1ccco1)C2. The molecule has 0 saturated carbocycles. The van der Waals surface area contributed by atoms with E-state index in [1.165, 1.54) is 0 Å². The highest BCUT2D eigenvalue weighted by Crippen LogP contribution is 2.35. The van der Waals surface area contributed by atoms with E-state index in [1.807, 2.05) is 19.1 Å². The number of Topliss-reactive ketones (excluding diaryl/α,β-unsaturated/α-hetero) is 1. The van der Waals surface area contributed by atoms with Gasteiger partial charge in [0.25, 0.3) is 0 Å². The van der Waals surface area contributed by atoms with Crippen LogP contribution in [-0.4, -0.2) is 36.6 Å². The van der Waals surface area contributed by atoms with Crippen molar-refractivity contribution in [2.24, 2.45) is 0 Å². The Kier molecular flexibility index (Phi) is 5.38. The predicted octanol–water partition coefficient (Wildman–Crippen LogP) is 3.41. The van der Waals surface area contributed by atoms with E-state index >= 15 is 0 Å². The lowest BCUT2D eigenvalue weighted by atomic mass is 9.84. The summed E-state index contributed by atoms with van der Waals surface area (Å²) < 4.78 is 16.0. The van der Waals surface area contributed by atoms with Gasteiger partial charge in [0.05, 0.1) is 12.9 Å². The number of carbonyl (C=O) groups excluding carboxylic acids is 2. The number of esters is 1. The summed E-state index contributed by atoms with van der Waals surface area (Å²) in [5.74, 6) is 0.374. The fraction of sp³-hybridized carbons (Fsp3) is 0.474. The van der Waals surface area contributed by atoms with E-state index < -0.39 is 5.97 Å². The van der Waals surface area contributed by atoms with Crippen molar-refractivity contribution >= 4 is 11.8 Å². The van der Waals surface area contributed by atoms with Crippen LogP contribution < -0.4 is 0 Å². The minimum atomic E-state index is -0.450. The van der Waals surface area contributed by atoms with Crippen LogP contribution >= 0.6 is 0 Å². The van der Waals surface area contributed by atoms with E-state index in [2.05, 4.69) is 4.98 Å². The van der Waals surface area contributed by atoms with Crippen LogP contribution in [0.2, 0.25) is 0 Å². The van der Waals surface area contributed by atoms with Gasteiger partial charge in [0.15, 0.2) is 5.78 Å². The number of fused-ring (bicyclic) bond motifs is 1. The molecule has 0 aromatic carbocycles. The molecule has 134 valence electrons. The minimum Gasteiger partial charge on any atom is -0.469 e. The number of H-pyrrole nitrogens is 1. The van der Waals surface area contributed by atoms with E-state index in [4.69, 9.17) is 13.9 Å². The molecule has 0 bridgehead atoms. The van der Waals surface area contributed by atoms with Crippen molar-refractivity contribution in [3.05, 3.63) is 46.7 Å². The van der Waals surface area contributed by atoms with Crippen molar-refractivity contribution in [1.29, 1.82) is 0 Å². The fourth-order valence-corrected chi connectivity index (χ4v) is 3.27. The Morgan fingerprint density at radius 2 is 2.16 bits per heavy atom. The number of hydrogen-bond acceptors (Lipinski definition) is 5. The maximum Gasteiger partial charge on any atom is 0.355 e. The molecule has 2 aromatic heterocycles. The predicted molar refractivity (Wildman–Crippen MR) is 91.0 cm³/mol. The van der Waals surface area contributed by atoms with Gasteiger partial charge in [-0.3, -0.25) is 4.79 Å². The number of ether oxygens (including phenoxy) is 2. The molecule has 1 atom stereocenters. The van der Waals surface area contributed by atoms with Gasteiger partial charge in [0.1, 0.15) is 18.1 Å². The summed E-state index contributed by atoms with van der Waals surface area (Å²) in [6.07, 6.45) is 3.56. The standard InChI is InChI=1S/C19H23NO5/c1-3-6-23-8-9-25-19(22)18-12(2)17-14(20-18)10-13(11-15(17)21)16-5-4-7-24-16/h4-5,7,13,20H,3,6,8-11H2,1-2H3/t13-/m1/s1. The van der Waals surface area contributed by atoms with Gasteiger partial charge in [-0.15, -0.1) is 0 Å². The number of hydrogen-bond donors (Lipinski definition) is 1. The lowest BCUT2D eigenvalue weighted by Gasteiger charge is -2.19. The molecule has 0 unspecified atom stereocenters. The van der Waals surface area contributed by atoms with Crippen LogP contribution in [0, 0.1) is 6.92 Å². The zero-order valence-electron chi connectivity index (χ0n) is 14.6. The smallest absolute Gasteiger partial charge is 0.355 e. The van der Waals surface area contributed by atoms with Gasteiger partial charge in [-0.2, -0.15) is 0 Å². The normalized spacial score (nSPS) is 16.7. The van der Waals surface area contributed by atoms with Crippen molar-refractivity contribution in [2.75, 3.05) is 19.8 Å². The molecule has 0 saturated heterocycles. The first-order valence-corrected chi connectivity index (χ1v) is 8.64.